The Bertz CT molecular complexity index is 783. The van der Waals surface area contributed by atoms with Crippen molar-refractivity contribution in [3.05, 3.63) is 41.5 Å². The summed E-state index contributed by atoms with van der Waals surface area (Å²) in [6.07, 6.45) is 5.57. The molecule has 0 saturated carbocycles. The van der Waals surface area contributed by atoms with Crippen molar-refractivity contribution in [2.45, 2.75) is 32.6 Å². The number of benzene rings is 1. The van der Waals surface area contributed by atoms with Crippen molar-refractivity contribution in [1.82, 2.24) is 9.97 Å². The first-order chi connectivity index (χ1) is 11.8. The number of rotatable bonds is 8. The zero-order valence-electron chi connectivity index (χ0n) is 14.0. The highest BCUT2D eigenvalue weighted by atomic mass is 32.1. The fourth-order valence-electron chi connectivity index (χ4n) is 2.76. The number of aromatic nitrogens is 2. The highest BCUT2D eigenvalue weighted by Crippen LogP contribution is 2.36. The molecule has 2 heterocycles. The van der Waals surface area contributed by atoms with E-state index < -0.39 is 0 Å². The third-order valence-electron chi connectivity index (χ3n) is 4.17. The molecule has 2 N–H and O–H groups in total. The van der Waals surface area contributed by atoms with Crippen LogP contribution in [0, 0.1) is 0 Å². The van der Waals surface area contributed by atoms with Crippen molar-refractivity contribution >= 4 is 27.4 Å². The van der Waals surface area contributed by atoms with E-state index in [0.29, 0.717) is 0 Å². The number of aryl methyl sites for hydroxylation is 1. The van der Waals surface area contributed by atoms with Gasteiger partial charge in [0, 0.05) is 24.1 Å². The SMILES string of the molecule is CCc1ccc(-c2csc3ncnc(NCCCCCO)c23)cc1. The van der Waals surface area contributed by atoms with Crippen LogP contribution in [0.25, 0.3) is 21.3 Å². The molecule has 3 rings (SSSR count). The average Bonchev–Trinajstić information content (AvgIpc) is 3.06. The van der Waals surface area contributed by atoms with Crippen molar-refractivity contribution in [2.75, 3.05) is 18.5 Å². The lowest BCUT2D eigenvalue weighted by Crippen LogP contribution is -2.04. The molecule has 0 radical (unpaired) electrons. The van der Waals surface area contributed by atoms with Crippen LogP contribution in [0.2, 0.25) is 0 Å². The zero-order chi connectivity index (χ0) is 16.8. The molecule has 0 spiro atoms. The monoisotopic (exact) mass is 341 g/mol. The van der Waals surface area contributed by atoms with Gasteiger partial charge in [0.2, 0.25) is 0 Å². The van der Waals surface area contributed by atoms with Crippen LogP contribution in [-0.4, -0.2) is 28.2 Å². The highest BCUT2D eigenvalue weighted by molar-refractivity contribution is 7.17. The highest BCUT2D eigenvalue weighted by Gasteiger charge is 2.12. The van der Waals surface area contributed by atoms with Crippen LogP contribution in [0.3, 0.4) is 0 Å². The fraction of sp³-hybridized carbons (Fsp3) is 0.368. The summed E-state index contributed by atoms with van der Waals surface area (Å²) in [7, 11) is 0. The van der Waals surface area contributed by atoms with Crippen molar-refractivity contribution in [1.29, 1.82) is 0 Å². The van der Waals surface area contributed by atoms with E-state index in [1.165, 1.54) is 16.7 Å². The number of aliphatic hydroxyl groups excluding tert-OH is 1. The first-order valence-corrected chi connectivity index (χ1v) is 9.37. The number of aliphatic hydroxyl groups is 1. The Morgan fingerprint density at radius 2 is 1.92 bits per heavy atom. The van der Waals surface area contributed by atoms with Crippen molar-refractivity contribution in [3.63, 3.8) is 0 Å². The van der Waals surface area contributed by atoms with Gasteiger partial charge in [-0.05, 0) is 36.8 Å². The number of fused-ring (bicyclic) bond motifs is 1. The smallest absolute Gasteiger partial charge is 0.138 e. The Balaban J connectivity index is 1.86. The third kappa shape index (κ3) is 3.74. The summed E-state index contributed by atoms with van der Waals surface area (Å²) in [5.74, 6) is 0.903. The van der Waals surface area contributed by atoms with Gasteiger partial charge in [-0.15, -0.1) is 11.3 Å². The van der Waals surface area contributed by atoms with Gasteiger partial charge >= 0.3 is 0 Å². The van der Waals surface area contributed by atoms with E-state index in [4.69, 9.17) is 5.11 Å². The van der Waals surface area contributed by atoms with Gasteiger partial charge in [-0.3, -0.25) is 0 Å². The number of hydrogen-bond donors (Lipinski definition) is 2. The number of unbranched alkanes of at least 4 members (excludes halogenated alkanes) is 2. The second-order valence-electron chi connectivity index (χ2n) is 5.81. The summed E-state index contributed by atoms with van der Waals surface area (Å²) in [6, 6.07) is 8.73. The molecule has 3 aromatic rings. The lowest BCUT2D eigenvalue weighted by atomic mass is 10.0. The number of nitrogens with zero attached hydrogens (tertiary/aromatic N) is 2. The molecule has 0 aliphatic carbocycles. The normalized spacial score (nSPS) is 11.1. The van der Waals surface area contributed by atoms with Gasteiger partial charge in [0.1, 0.15) is 17.0 Å². The minimum atomic E-state index is 0.264. The van der Waals surface area contributed by atoms with Crippen LogP contribution in [0.15, 0.2) is 36.0 Å². The summed E-state index contributed by atoms with van der Waals surface area (Å²) < 4.78 is 0. The molecule has 1 aromatic carbocycles. The Kier molecular flexibility index (Phi) is 5.77. The molecule has 0 unspecified atom stereocenters. The molecular formula is C19H23N3OS. The molecular weight excluding hydrogens is 318 g/mol. The van der Waals surface area contributed by atoms with Crippen LogP contribution in [-0.2, 0) is 6.42 Å². The Labute approximate surface area is 146 Å². The molecule has 0 aliphatic rings. The summed E-state index contributed by atoms with van der Waals surface area (Å²) >= 11 is 1.66. The van der Waals surface area contributed by atoms with E-state index in [1.54, 1.807) is 17.7 Å². The lowest BCUT2D eigenvalue weighted by Gasteiger charge is -2.08. The first-order valence-electron chi connectivity index (χ1n) is 8.49. The summed E-state index contributed by atoms with van der Waals surface area (Å²) in [6.45, 7) is 3.29. The number of anilines is 1. The molecule has 24 heavy (non-hydrogen) atoms. The standard InChI is InChI=1S/C19H23N3OS/c1-2-14-6-8-15(9-7-14)16-12-24-19-17(16)18(21-13-22-19)20-10-4-3-5-11-23/h6-9,12-13,23H,2-5,10-11H2,1H3,(H,20,21,22). The minimum absolute atomic E-state index is 0.264. The maximum Gasteiger partial charge on any atom is 0.138 e. The van der Waals surface area contributed by atoms with E-state index in [-0.39, 0.29) is 6.61 Å². The fourth-order valence-corrected chi connectivity index (χ4v) is 3.68. The zero-order valence-corrected chi connectivity index (χ0v) is 14.8. The van der Waals surface area contributed by atoms with Gasteiger partial charge in [0.25, 0.3) is 0 Å². The number of thiophene rings is 1. The molecule has 0 amide bonds. The van der Waals surface area contributed by atoms with E-state index in [9.17, 15) is 0 Å². The summed E-state index contributed by atoms with van der Waals surface area (Å²) in [5.41, 5.74) is 3.74. The average molecular weight is 341 g/mol. The molecule has 0 atom stereocenters. The van der Waals surface area contributed by atoms with Gasteiger partial charge in [-0.2, -0.15) is 0 Å². The second kappa shape index (κ2) is 8.22. The maximum absolute atomic E-state index is 8.86. The van der Waals surface area contributed by atoms with Crippen LogP contribution in [0.1, 0.15) is 31.7 Å². The van der Waals surface area contributed by atoms with Gasteiger partial charge < -0.3 is 10.4 Å². The van der Waals surface area contributed by atoms with Crippen molar-refractivity contribution in [3.8, 4) is 11.1 Å². The van der Waals surface area contributed by atoms with E-state index in [0.717, 1.165) is 48.3 Å². The van der Waals surface area contributed by atoms with Crippen molar-refractivity contribution < 1.29 is 5.11 Å². The topological polar surface area (TPSA) is 58.0 Å². The molecule has 0 aliphatic heterocycles. The molecule has 4 nitrogen and oxygen atoms in total. The summed E-state index contributed by atoms with van der Waals surface area (Å²) in [4.78, 5) is 9.88. The van der Waals surface area contributed by atoms with E-state index in [1.807, 2.05) is 0 Å². The van der Waals surface area contributed by atoms with Crippen LogP contribution in [0.4, 0.5) is 5.82 Å². The Morgan fingerprint density at radius 3 is 2.67 bits per heavy atom. The molecule has 5 heteroatoms. The molecule has 0 fully saturated rings. The molecule has 0 saturated heterocycles. The van der Waals surface area contributed by atoms with Gasteiger partial charge in [-0.25, -0.2) is 9.97 Å². The van der Waals surface area contributed by atoms with E-state index in [2.05, 4.69) is 51.9 Å². The van der Waals surface area contributed by atoms with Gasteiger partial charge in [0.05, 0.1) is 5.39 Å². The number of nitrogens with one attached hydrogen (secondary N) is 1. The van der Waals surface area contributed by atoms with Gasteiger partial charge in [-0.1, -0.05) is 31.2 Å². The Morgan fingerprint density at radius 1 is 1.08 bits per heavy atom. The van der Waals surface area contributed by atoms with E-state index >= 15 is 0 Å². The van der Waals surface area contributed by atoms with Crippen LogP contribution in [0.5, 0.6) is 0 Å². The predicted molar refractivity (Wildman–Crippen MR) is 102 cm³/mol. The lowest BCUT2D eigenvalue weighted by molar-refractivity contribution is 0.283. The molecule has 0 bridgehead atoms. The quantitative estimate of drug-likeness (QED) is 0.593. The third-order valence-corrected chi connectivity index (χ3v) is 5.06. The van der Waals surface area contributed by atoms with Crippen molar-refractivity contribution in [2.24, 2.45) is 0 Å². The Hall–Kier alpha value is -1.98. The maximum atomic E-state index is 8.86. The first kappa shape index (κ1) is 16.9. The molecule has 2 aromatic heterocycles. The van der Waals surface area contributed by atoms with Crippen LogP contribution >= 0.6 is 11.3 Å². The predicted octanol–water partition coefficient (Wildman–Crippen LogP) is 4.50. The minimum Gasteiger partial charge on any atom is -0.396 e. The largest absolute Gasteiger partial charge is 0.396 e. The van der Waals surface area contributed by atoms with Gasteiger partial charge in [0.15, 0.2) is 0 Å². The molecule has 126 valence electrons. The summed E-state index contributed by atoms with van der Waals surface area (Å²) in [5, 5.41) is 15.6. The second-order valence-corrected chi connectivity index (χ2v) is 6.67. The van der Waals surface area contributed by atoms with Crippen LogP contribution < -0.4 is 5.32 Å². The number of hydrogen-bond acceptors (Lipinski definition) is 5.